The van der Waals surface area contributed by atoms with E-state index in [1.807, 2.05) is 6.20 Å². The van der Waals surface area contributed by atoms with Crippen molar-refractivity contribution in [3.05, 3.63) is 18.0 Å². The van der Waals surface area contributed by atoms with Crippen LogP contribution in [0.2, 0.25) is 0 Å². The number of hydrogen-bond acceptors (Lipinski definition) is 4. The number of aromatic amines is 1. The lowest BCUT2D eigenvalue weighted by Crippen LogP contribution is -2.20. The van der Waals surface area contributed by atoms with Crippen LogP contribution >= 0.6 is 0 Å². The zero-order chi connectivity index (χ0) is 8.39. The molecule has 0 aromatic carbocycles. The van der Waals surface area contributed by atoms with Gasteiger partial charge in [0.15, 0.2) is 0 Å². The Labute approximate surface area is 69.9 Å². The number of H-pyrrole nitrogens is 1. The maximum absolute atomic E-state index is 9.14. The van der Waals surface area contributed by atoms with E-state index in [0.29, 0.717) is 19.7 Å². The van der Waals surface area contributed by atoms with Crippen LogP contribution in [0, 0.1) is 0 Å². The Morgan fingerprint density at radius 3 is 3.33 bits per heavy atom. The Morgan fingerprint density at radius 1 is 1.83 bits per heavy atom. The minimum atomic E-state index is -0.350. The quantitative estimate of drug-likeness (QED) is 0.627. The van der Waals surface area contributed by atoms with Gasteiger partial charge in [0, 0.05) is 11.8 Å². The maximum atomic E-state index is 9.14. The molecule has 5 nitrogen and oxygen atoms in total. The summed E-state index contributed by atoms with van der Waals surface area (Å²) in [5.41, 5.74) is 1.06. The van der Waals surface area contributed by atoms with Crippen LogP contribution in [-0.4, -0.2) is 39.6 Å². The van der Waals surface area contributed by atoms with Crippen molar-refractivity contribution < 1.29 is 9.94 Å². The maximum Gasteiger partial charge on any atom is 0.0958 e. The zero-order valence-corrected chi connectivity index (χ0v) is 6.60. The van der Waals surface area contributed by atoms with Gasteiger partial charge in [0.25, 0.3) is 0 Å². The van der Waals surface area contributed by atoms with Crippen LogP contribution in [0.15, 0.2) is 12.4 Å². The summed E-state index contributed by atoms with van der Waals surface area (Å²) in [5, 5.41) is 17.4. The molecule has 2 N–H and O–H groups in total. The highest BCUT2D eigenvalue weighted by Crippen LogP contribution is 2.09. The van der Waals surface area contributed by atoms with Gasteiger partial charge in [-0.15, -0.1) is 0 Å². The summed E-state index contributed by atoms with van der Waals surface area (Å²) < 4.78 is 0. The molecule has 1 unspecified atom stereocenters. The molecule has 1 aliphatic heterocycles. The molecule has 5 heteroatoms. The molecule has 0 bridgehead atoms. The van der Waals surface area contributed by atoms with E-state index in [0.717, 1.165) is 5.56 Å². The molecule has 12 heavy (non-hydrogen) atoms. The topological polar surface area (TPSA) is 61.4 Å². The zero-order valence-electron chi connectivity index (χ0n) is 6.60. The highest BCUT2D eigenvalue weighted by molar-refractivity contribution is 5.01. The van der Waals surface area contributed by atoms with Gasteiger partial charge in [-0.2, -0.15) is 10.2 Å². The van der Waals surface area contributed by atoms with Crippen molar-refractivity contribution in [1.82, 2.24) is 15.3 Å². The lowest BCUT2D eigenvalue weighted by Gasteiger charge is -2.10. The Balaban J connectivity index is 1.88. The van der Waals surface area contributed by atoms with Crippen LogP contribution in [0.25, 0.3) is 0 Å². The van der Waals surface area contributed by atoms with E-state index in [4.69, 9.17) is 9.94 Å². The number of hydrogen-bond donors (Lipinski definition) is 2. The summed E-state index contributed by atoms with van der Waals surface area (Å²) >= 11 is 0. The second kappa shape index (κ2) is 3.22. The van der Waals surface area contributed by atoms with Crippen molar-refractivity contribution in [1.29, 1.82) is 0 Å². The first-order chi connectivity index (χ1) is 5.84. The number of hydroxylamine groups is 2. The van der Waals surface area contributed by atoms with Gasteiger partial charge in [0.05, 0.1) is 32.0 Å². The standard InChI is InChI=1S/C7H11N3O2/c11-7-4-10(12-5-7)3-6-1-8-9-2-6/h1-2,7,11H,3-5H2,(H,8,9). The number of nitrogens with one attached hydrogen (secondary N) is 1. The van der Waals surface area contributed by atoms with Crippen LogP contribution < -0.4 is 0 Å². The lowest BCUT2D eigenvalue weighted by atomic mass is 10.3. The fourth-order valence-electron chi connectivity index (χ4n) is 1.21. The van der Waals surface area contributed by atoms with E-state index in [1.165, 1.54) is 0 Å². The van der Waals surface area contributed by atoms with E-state index in [-0.39, 0.29) is 6.10 Å². The van der Waals surface area contributed by atoms with Gasteiger partial charge >= 0.3 is 0 Å². The van der Waals surface area contributed by atoms with Gasteiger partial charge in [-0.05, 0) is 0 Å². The van der Waals surface area contributed by atoms with E-state index in [2.05, 4.69) is 10.2 Å². The Hall–Kier alpha value is -0.910. The monoisotopic (exact) mass is 169 g/mol. The molecule has 0 spiro atoms. The molecule has 0 saturated carbocycles. The second-order valence-electron chi connectivity index (χ2n) is 2.88. The first-order valence-electron chi connectivity index (χ1n) is 3.88. The summed E-state index contributed by atoms with van der Waals surface area (Å²) in [6, 6.07) is 0. The predicted octanol–water partition coefficient (Wildman–Crippen LogP) is -0.482. The van der Waals surface area contributed by atoms with Gasteiger partial charge in [0.2, 0.25) is 0 Å². The van der Waals surface area contributed by atoms with Crippen LogP contribution in [0.1, 0.15) is 5.56 Å². The number of aliphatic hydroxyl groups excluding tert-OH is 1. The molecule has 66 valence electrons. The number of β-amino-alcohol motifs (C(OH)–C–C–N with tert-alkyl or cyclic N) is 1. The van der Waals surface area contributed by atoms with Crippen molar-refractivity contribution >= 4 is 0 Å². The van der Waals surface area contributed by atoms with Crippen molar-refractivity contribution in [3.63, 3.8) is 0 Å². The number of aliphatic hydroxyl groups is 1. The molecular weight excluding hydrogens is 158 g/mol. The summed E-state index contributed by atoms with van der Waals surface area (Å²) in [7, 11) is 0. The summed E-state index contributed by atoms with van der Waals surface area (Å²) in [4.78, 5) is 5.18. The van der Waals surface area contributed by atoms with Gasteiger partial charge in [-0.25, -0.2) is 0 Å². The first-order valence-corrected chi connectivity index (χ1v) is 3.88. The minimum absolute atomic E-state index is 0.350. The normalized spacial score (nSPS) is 24.9. The fraction of sp³-hybridized carbons (Fsp3) is 0.571. The molecule has 0 aliphatic carbocycles. The van der Waals surface area contributed by atoms with Gasteiger partial charge in [-0.1, -0.05) is 0 Å². The third kappa shape index (κ3) is 1.63. The molecule has 2 rings (SSSR count). The van der Waals surface area contributed by atoms with Crippen molar-refractivity contribution in [2.24, 2.45) is 0 Å². The average molecular weight is 169 g/mol. The SMILES string of the molecule is OC1CON(Cc2cn[nH]c2)C1. The summed E-state index contributed by atoms with van der Waals surface area (Å²) in [6.07, 6.45) is 3.21. The first kappa shape index (κ1) is 7.72. The Morgan fingerprint density at radius 2 is 2.75 bits per heavy atom. The lowest BCUT2D eigenvalue weighted by molar-refractivity contribution is -0.117. The van der Waals surface area contributed by atoms with Gasteiger partial charge < -0.3 is 5.11 Å². The van der Waals surface area contributed by atoms with Crippen LogP contribution in [0.3, 0.4) is 0 Å². The van der Waals surface area contributed by atoms with Gasteiger partial charge in [-0.3, -0.25) is 9.94 Å². The van der Waals surface area contributed by atoms with Crippen molar-refractivity contribution in [2.45, 2.75) is 12.6 Å². The largest absolute Gasteiger partial charge is 0.389 e. The predicted molar refractivity (Wildman–Crippen MR) is 41.0 cm³/mol. The smallest absolute Gasteiger partial charge is 0.0958 e. The third-order valence-corrected chi connectivity index (χ3v) is 1.78. The third-order valence-electron chi connectivity index (χ3n) is 1.78. The van der Waals surface area contributed by atoms with Crippen molar-refractivity contribution in [2.75, 3.05) is 13.2 Å². The summed E-state index contributed by atoms with van der Waals surface area (Å²) in [6.45, 7) is 1.65. The summed E-state index contributed by atoms with van der Waals surface area (Å²) in [5.74, 6) is 0. The Bertz CT molecular complexity index is 237. The minimum Gasteiger partial charge on any atom is -0.389 e. The van der Waals surface area contributed by atoms with Crippen LogP contribution in [0.5, 0.6) is 0 Å². The molecule has 1 fully saturated rings. The number of rotatable bonds is 2. The van der Waals surface area contributed by atoms with Crippen LogP contribution in [-0.2, 0) is 11.4 Å². The second-order valence-corrected chi connectivity index (χ2v) is 2.88. The number of nitrogens with zero attached hydrogens (tertiary/aromatic N) is 2. The molecule has 2 heterocycles. The van der Waals surface area contributed by atoms with E-state index >= 15 is 0 Å². The van der Waals surface area contributed by atoms with Crippen molar-refractivity contribution in [3.8, 4) is 0 Å². The number of aromatic nitrogens is 2. The molecule has 0 radical (unpaired) electrons. The van der Waals surface area contributed by atoms with Crippen LogP contribution in [0.4, 0.5) is 0 Å². The highest BCUT2D eigenvalue weighted by Gasteiger charge is 2.21. The molecular formula is C7H11N3O2. The fourth-order valence-corrected chi connectivity index (χ4v) is 1.21. The molecule has 1 aromatic rings. The molecule has 1 aliphatic rings. The molecule has 0 amide bonds. The van der Waals surface area contributed by atoms with E-state index in [1.54, 1.807) is 11.3 Å². The van der Waals surface area contributed by atoms with E-state index < -0.39 is 0 Å². The highest BCUT2D eigenvalue weighted by atomic mass is 16.7. The Kier molecular flexibility index (Phi) is 2.07. The van der Waals surface area contributed by atoms with E-state index in [9.17, 15) is 0 Å². The average Bonchev–Trinajstić information content (AvgIpc) is 2.63. The molecule has 1 aromatic heterocycles. The molecule has 1 atom stereocenters. The molecule has 1 saturated heterocycles. The van der Waals surface area contributed by atoms with Gasteiger partial charge in [0.1, 0.15) is 0 Å².